The molecule has 0 aromatic heterocycles. The van der Waals surface area contributed by atoms with Gasteiger partial charge in [-0.05, 0) is 72.9 Å². The zero-order valence-electron chi connectivity index (χ0n) is 22.6. The first kappa shape index (κ1) is 30.9. The molecule has 1 aromatic rings. The summed E-state index contributed by atoms with van der Waals surface area (Å²) in [6.07, 6.45) is 0.241. The van der Waals surface area contributed by atoms with Gasteiger partial charge in [0.1, 0.15) is 17.0 Å². The second-order valence-electron chi connectivity index (χ2n) is 10.6. The Morgan fingerprint density at radius 3 is 2.32 bits per heavy atom. The fraction of sp³-hybridized carbons (Fsp3) is 0.640. The molecule has 37 heavy (non-hydrogen) atoms. The lowest BCUT2D eigenvalue weighted by Crippen LogP contribution is -2.55. The molecular formula is C25H39N3O7S2. The number of nitrogens with zero attached hydrogens (tertiary/aromatic N) is 1. The predicted octanol–water partition coefficient (Wildman–Crippen LogP) is 3.19. The van der Waals surface area contributed by atoms with Crippen molar-refractivity contribution < 1.29 is 32.3 Å². The summed E-state index contributed by atoms with van der Waals surface area (Å²) >= 11 is 1.30. The Balaban J connectivity index is 2.28. The molecule has 0 saturated carbocycles. The van der Waals surface area contributed by atoms with Crippen molar-refractivity contribution in [1.82, 2.24) is 14.9 Å². The highest BCUT2D eigenvalue weighted by Crippen LogP contribution is 2.31. The molecule has 2 atom stereocenters. The second-order valence-corrected chi connectivity index (χ2v) is 13.5. The van der Waals surface area contributed by atoms with Crippen LogP contribution in [0.2, 0.25) is 0 Å². The van der Waals surface area contributed by atoms with E-state index in [1.807, 2.05) is 20.8 Å². The fourth-order valence-electron chi connectivity index (χ4n) is 3.68. The van der Waals surface area contributed by atoms with E-state index in [9.17, 15) is 22.8 Å². The molecule has 208 valence electrons. The number of amides is 2. The highest BCUT2D eigenvalue weighted by molar-refractivity contribution is 8.01. The van der Waals surface area contributed by atoms with E-state index in [4.69, 9.17) is 9.47 Å². The Bertz CT molecular complexity index is 1070. The number of thioether (sulfide) groups is 1. The average Bonchev–Trinajstić information content (AvgIpc) is 3.15. The third kappa shape index (κ3) is 8.89. The number of nitrogens with one attached hydrogen (secondary N) is 2. The van der Waals surface area contributed by atoms with Gasteiger partial charge >= 0.3 is 12.1 Å². The topological polar surface area (TPSA) is 131 Å². The molecule has 1 fully saturated rings. The second kappa shape index (κ2) is 12.5. The van der Waals surface area contributed by atoms with E-state index >= 15 is 0 Å². The maximum absolute atomic E-state index is 13.8. The average molecular weight is 558 g/mol. The minimum atomic E-state index is -4.38. The lowest BCUT2D eigenvalue weighted by atomic mass is 10.1. The van der Waals surface area contributed by atoms with E-state index < -0.39 is 45.0 Å². The number of ether oxygens (including phenoxy) is 2. The molecule has 1 saturated heterocycles. The normalized spacial score (nSPS) is 18.1. The molecule has 2 rings (SSSR count). The monoisotopic (exact) mass is 557 g/mol. The molecule has 1 aromatic carbocycles. The van der Waals surface area contributed by atoms with Crippen molar-refractivity contribution in [2.75, 3.05) is 19.4 Å². The van der Waals surface area contributed by atoms with Gasteiger partial charge in [-0.1, -0.05) is 17.7 Å². The van der Waals surface area contributed by atoms with Gasteiger partial charge in [-0.25, -0.2) is 22.3 Å². The number of carbonyl (C=O) groups excluding carboxylic acids is 3. The minimum Gasteiger partial charge on any atom is -0.467 e. The van der Waals surface area contributed by atoms with Crippen molar-refractivity contribution in [3.8, 4) is 0 Å². The zero-order chi connectivity index (χ0) is 28.0. The Kier molecular flexibility index (Phi) is 10.4. The summed E-state index contributed by atoms with van der Waals surface area (Å²) in [5, 5.41) is 4.95. The number of alkyl carbamates (subject to hydrolysis) is 1. The number of esters is 1. The maximum atomic E-state index is 13.8. The molecule has 0 unspecified atom stereocenters. The van der Waals surface area contributed by atoms with Gasteiger partial charge in [0.05, 0.1) is 12.0 Å². The van der Waals surface area contributed by atoms with Crippen LogP contribution in [0.15, 0.2) is 29.2 Å². The number of hydrogen-bond acceptors (Lipinski definition) is 9. The molecule has 2 N–H and O–H groups in total. The van der Waals surface area contributed by atoms with E-state index in [0.29, 0.717) is 22.9 Å². The Morgan fingerprint density at radius 1 is 1.19 bits per heavy atom. The first-order valence-corrected chi connectivity index (χ1v) is 14.7. The largest absolute Gasteiger partial charge is 0.467 e. The van der Waals surface area contributed by atoms with Gasteiger partial charge in [0.15, 0.2) is 0 Å². The minimum absolute atomic E-state index is 0.0281. The molecule has 1 aliphatic rings. The Morgan fingerprint density at radius 2 is 1.81 bits per heavy atom. The summed E-state index contributed by atoms with van der Waals surface area (Å²) in [5.41, 5.74) is -0.154. The molecule has 2 amide bonds. The van der Waals surface area contributed by atoms with Crippen molar-refractivity contribution in [2.24, 2.45) is 0 Å². The van der Waals surface area contributed by atoms with Crippen LogP contribution < -0.4 is 10.6 Å². The standard InChI is InChI=1S/C25H39N3O7S2/c1-17-11-13-18(14-12-17)37(32,33)28(21(29)20-27-25(5,6)16-36-20)19(22(30)34-7)10-8-9-15-26-23(31)35-24(2,3)4/h11-14,19-20,27H,8-10,15-16H2,1-7H3,(H,26,31)/t19-,20-/m0/s1. The van der Waals surface area contributed by atoms with Crippen LogP contribution >= 0.6 is 11.8 Å². The van der Waals surface area contributed by atoms with Crippen molar-refractivity contribution in [3.05, 3.63) is 29.8 Å². The summed E-state index contributed by atoms with van der Waals surface area (Å²) in [7, 11) is -3.22. The fourth-order valence-corrected chi connectivity index (χ4v) is 6.64. The number of benzene rings is 1. The van der Waals surface area contributed by atoms with Crippen molar-refractivity contribution in [3.63, 3.8) is 0 Å². The Hall–Kier alpha value is -2.31. The van der Waals surface area contributed by atoms with Crippen LogP contribution in [0.4, 0.5) is 4.79 Å². The number of unbranched alkanes of at least 4 members (excludes halogenated alkanes) is 1. The molecule has 1 heterocycles. The number of carbonyl (C=O) groups is 3. The van der Waals surface area contributed by atoms with Crippen LogP contribution in [0.3, 0.4) is 0 Å². The number of methoxy groups -OCH3 is 1. The van der Waals surface area contributed by atoms with E-state index in [2.05, 4.69) is 10.6 Å². The maximum Gasteiger partial charge on any atom is 0.407 e. The molecule has 12 heteroatoms. The van der Waals surface area contributed by atoms with Crippen LogP contribution in [0.25, 0.3) is 0 Å². The van der Waals surface area contributed by atoms with E-state index in [0.717, 1.165) is 12.7 Å². The first-order valence-electron chi connectivity index (χ1n) is 12.2. The molecule has 1 aliphatic heterocycles. The van der Waals surface area contributed by atoms with Crippen LogP contribution in [0.5, 0.6) is 0 Å². The van der Waals surface area contributed by atoms with E-state index in [1.54, 1.807) is 32.9 Å². The van der Waals surface area contributed by atoms with Gasteiger partial charge in [0.2, 0.25) is 0 Å². The molecule has 0 spiro atoms. The molecule has 0 bridgehead atoms. The van der Waals surface area contributed by atoms with Crippen LogP contribution in [0, 0.1) is 6.92 Å². The van der Waals surface area contributed by atoms with Gasteiger partial charge in [0.25, 0.3) is 15.9 Å². The smallest absolute Gasteiger partial charge is 0.407 e. The van der Waals surface area contributed by atoms with Gasteiger partial charge in [0, 0.05) is 17.8 Å². The lowest BCUT2D eigenvalue weighted by Gasteiger charge is -2.31. The van der Waals surface area contributed by atoms with Gasteiger partial charge in [-0.2, -0.15) is 0 Å². The van der Waals surface area contributed by atoms with Crippen molar-refractivity contribution in [1.29, 1.82) is 0 Å². The SMILES string of the molecule is COC(=O)[C@H](CCCCNC(=O)OC(C)(C)C)N(C(=O)[C@H]1NC(C)(C)CS1)S(=O)(=O)c1ccc(C)cc1. The summed E-state index contributed by atoms with van der Waals surface area (Å²) in [6, 6.07) is 4.75. The number of aryl methyl sites for hydroxylation is 1. The van der Waals surface area contributed by atoms with Gasteiger partial charge in [-0.15, -0.1) is 11.8 Å². The van der Waals surface area contributed by atoms with Crippen LogP contribution in [-0.2, 0) is 29.1 Å². The molecular weight excluding hydrogens is 518 g/mol. The highest BCUT2D eigenvalue weighted by Gasteiger charge is 2.46. The van der Waals surface area contributed by atoms with Crippen molar-refractivity contribution >= 4 is 39.8 Å². The lowest BCUT2D eigenvalue weighted by molar-refractivity contribution is -0.149. The zero-order valence-corrected chi connectivity index (χ0v) is 24.3. The quantitative estimate of drug-likeness (QED) is 0.329. The van der Waals surface area contributed by atoms with Crippen LogP contribution in [0.1, 0.15) is 59.4 Å². The third-order valence-electron chi connectivity index (χ3n) is 5.48. The first-order chi connectivity index (χ1) is 17.1. The summed E-state index contributed by atoms with van der Waals surface area (Å²) < 4.78 is 38.3. The Labute approximate surface area is 224 Å². The third-order valence-corrected chi connectivity index (χ3v) is 8.84. The number of hydrogen-bond donors (Lipinski definition) is 2. The predicted molar refractivity (Wildman–Crippen MR) is 143 cm³/mol. The summed E-state index contributed by atoms with van der Waals surface area (Å²) in [4.78, 5) is 38.3. The van der Waals surface area contributed by atoms with Gasteiger partial charge in [-0.3, -0.25) is 10.1 Å². The van der Waals surface area contributed by atoms with Crippen LogP contribution in [-0.4, -0.2) is 72.7 Å². The highest BCUT2D eigenvalue weighted by atomic mass is 32.2. The summed E-state index contributed by atoms with van der Waals surface area (Å²) in [5.74, 6) is -0.953. The van der Waals surface area contributed by atoms with Crippen molar-refractivity contribution in [2.45, 2.75) is 88.3 Å². The number of sulfonamides is 1. The summed E-state index contributed by atoms with van der Waals surface area (Å²) in [6.45, 7) is 11.2. The molecule has 0 radical (unpaired) electrons. The molecule has 0 aliphatic carbocycles. The van der Waals surface area contributed by atoms with Gasteiger partial charge < -0.3 is 14.8 Å². The molecule has 10 nitrogen and oxygen atoms in total. The number of rotatable bonds is 10. The van der Waals surface area contributed by atoms with E-state index in [-0.39, 0.29) is 23.4 Å². The van der Waals surface area contributed by atoms with E-state index in [1.165, 1.54) is 23.9 Å².